The zero-order chi connectivity index (χ0) is 18.6. The van der Waals surface area contributed by atoms with Gasteiger partial charge in [-0.05, 0) is 36.4 Å². The number of aromatic nitrogens is 3. The molecule has 0 spiro atoms. The molecule has 0 aliphatic heterocycles. The summed E-state index contributed by atoms with van der Waals surface area (Å²) in [7, 11) is 0. The van der Waals surface area contributed by atoms with E-state index >= 15 is 0 Å². The van der Waals surface area contributed by atoms with Crippen LogP contribution in [0.5, 0.6) is 0 Å². The Balaban J connectivity index is 1.71. The fraction of sp³-hybridized carbons (Fsp3) is 0.0952. The van der Waals surface area contributed by atoms with Crippen LogP contribution in [-0.2, 0) is 6.54 Å². The van der Waals surface area contributed by atoms with Gasteiger partial charge in [0.15, 0.2) is 0 Å². The van der Waals surface area contributed by atoms with Crippen LogP contribution in [-0.4, -0.2) is 14.5 Å². The molecule has 4 aromatic rings. The van der Waals surface area contributed by atoms with Crippen LogP contribution in [0.3, 0.4) is 0 Å². The summed E-state index contributed by atoms with van der Waals surface area (Å²) in [6.07, 6.45) is 4.15. The Labute approximate surface area is 155 Å². The van der Waals surface area contributed by atoms with Crippen LogP contribution in [0.4, 0.5) is 16.0 Å². The molecule has 0 amide bonds. The molecule has 2 aromatic carbocycles. The summed E-state index contributed by atoms with van der Waals surface area (Å²) in [6, 6.07) is 18.1. The van der Waals surface area contributed by atoms with Crippen molar-refractivity contribution in [1.29, 1.82) is 5.26 Å². The normalized spacial score (nSPS) is 10.7. The number of nitrogens with one attached hydrogen (secondary N) is 1. The van der Waals surface area contributed by atoms with Crippen LogP contribution < -0.4 is 5.32 Å². The number of aryl methyl sites for hydroxylation is 1. The Morgan fingerprint density at radius 3 is 2.70 bits per heavy atom. The van der Waals surface area contributed by atoms with Crippen molar-refractivity contribution in [3.8, 4) is 17.3 Å². The lowest BCUT2D eigenvalue weighted by atomic mass is 10.1. The third-order valence-corrected chi connectivity index (χ3v) is 4.28. The predicted molar refractivity (Wildman–Crippen MR) is 103 cm³/mol. The molecule has 0 aliphatic rings. The maximum absolute atomic E-state index is 13.1. The molecular weight excluding hydrogens is 341 g/mol. The number of halogens is 1. The molecule has 27 heavy (non-hydrogen) atoms. The topological polar surface area (TPSA) is 66.5 Å². The number of anilines is 2. The maximum Gasteiger partial charge on any atom is 0.227 e. The summed E-state index contributed by atoms with van der Waals surface area (Å²) in [4.78, 5) is 8.86. The van der Waals surface area contributed by atoms with Gasteiger partial charge in [-0.3, -0.25) is 0 Å². The van der Waals surface area contributed by atoms with Crippen LogP contribution in [0.2, 0.25) is 0 Å². The number of hydrogen-bond donors (Lipinski definition) is 1. The van der Waals surface area contributed by atoms with Crippen molar-refractivity contribution in [2.75, 3.05) is 5.32 Å². The largest absolute Gasteiger partial charge is 0.346 e. The molecule has 0 aliphatic carbocycles. The maximum atomic E-state index is 13.1. The molecular formula is C21H16FN5. The number of nitriles is 1. The molecule has 0 saturated carbocycles. The molecule has 1 N–H and O–H groups in total. The monoisotopic (exact) mass is 357 g/mol. The Morgan fingerprint density at radius 2 is 1.89 bits per heavy atom. The van der Waals surface area contributed by atoms with Gasteiger partial charge in [0.2, 0.25) is 5.95 Å². The van der Waals surface area contributed by atoms with E-state index in [4.69, 9.17) is 5.26 Å². The number of fused-ring (bicyclic) bond motifs is 1. The standard InChI is InChI=1S/C21H16FN5/c22-15-6-8-16(9-7-15)25-21-24-12-10-19(26-21)18-14-27(13-3-11-23)20-5-2-1-4-17(18)20/h1-2,4-10,12,14H,3,13H2,(H,24,25,26). The van der Waals surface area contributed by atoms with Crippen molar-refractivity contribution in [3.63, 3.8) is 0 Å². The third-order valence-electron chi connectivity index (χ3n) is 4.28. The summed E-state index contributed by atoms with van der Waals surface area (Å²) < 4.78 is 15.1. The Bertz CT molecular complexity index is 1130. The smallest absolute Gasteiger partial charge is 0.227 e. The van der Waals surface area contributed by atoms with Gasteiger partial charge in [0.1, 0.15) is 5.82 Å². The molecule has 0 bridgehead atoms. The van der Waals surface area contributed by atoms with E-state index in [-0.39, 0.29) is 5.82 Å². The first-order valence-electron chi connectivity index (χ1n) is 8.55. The molecule has 0 atom stereocenters. The van der Waals surface area contributed by atoms with E-state index in [1.54, 1.807) is 18.3 Å². The number of nitrogens with zero attached hydrogens (tertiary/aromatic N) is 4. The first kappa shape index (κ1) is 16.7. The minimum Gasteiger partial charge on any atom is -0.346 e. The molecule has 2 heterocycles. The van der Waals surface area contributed by atoms with Gasteiger partial charge in [-0.2, -0.15) is 5.26 Å². The number of para-hydroxylation sites is 1. The van der Waals surface area contributed by atoms with E-state index in [9.17, 15) is 4.39 Å². The van der Waals surface area contributed by atoms with Crippen LogP contribution in [0.1, 0.15) is 6.42 Å². The highest BCUT2D eigenvalue weighted by molar-refractivity contribution is 5.95. The molecule has 0 saturated heterocycles. The SMILES string of the molecule is N#CCCn1cc(-c2ccnc(Nc3ccc(F)cc3)n2)c2ccccc21. The summed E-state index contributed by atoms with van der Waals surface area (Å²) in [5.74, 6) is 0.147. The lowest BCUT2D eigenvalue weighted by Crippen LogP contribution is -1.98. The summed E-state index contributed by atoms with van der Waals surface area (Å²) in [6.45, 7) is 0.628. The van der Waals surface area contributed by atoms with Crippen LogP contribution >= 0.6 is 0 Å². The Morgan fingerprint density at radius 1 is 1.07 bits per heavy atom. The Kier molecular flexibility index (Phi) is 4.50. The highest BCUT2D eigenvalue weighted by Crippen LogP contribution is 2.30. The highest BCUT2D eigenvalue weighted by atomic mass is 19.1. The van der Waals surface area contributed by atoms with Crippen molar-refractivity contribution >= 4 is 22.5 Å². The molecule has 5 nitrogen and oxygen atoms in total. The molecule has 4 rings (SSSR count). The highest BCUT2D eigenvalue weighted by Gasteiger charge is 2.12. The van der Waals surface area contributed by atoms with Gasteiger partial charge >= 0.3 is 0 Å². The number of hydrogen-bond acceptors (Lipinski definition) is 4. The zero-order valence-corrected chi connectivity index (χ0v) is 14.4. The van der Waals surface area contributed by atoms with E-state index in [1.165, 1.54) is 12.1 Å². The average Bonchev–Trinajstić information content (AvgIpc) is 3.07. The predicted octanol–water partition coefficient (Wildman–Crippen LogP) is 4.89. The van der Waals surface area contributed by atoms with Crippen molar-refractivity contribution in [3.05, 3.63) is 72.8 Å². The molecule has 2 aromatic heterocycles. The van der Waals surface area contributed by atoms with Crippen molar-refractivity contribution in [2.24, 2.45) is 0 Å². The van der Waals surface area contributed by atoms with E-state index in [2.05, 4.69) is 25.9 Å². The van der Waals surface area contributed by atoms with Gasteiger partial charge in [0.05, 0.1) is 18.2 Å². The van der Waals surface area contributed by atoms with Gasteiger partial charge in [-0.15, -0.1) is 0 Å². The Hall–Kier alpha value is -3.72. The summed E-state index contributed by atoms with van der Waals surface area (Å²) >= 11 is 0. The van der Waals surface area contributed by atoms with E-state index in [0.717, 1.165) is 22.2 Å². The van der Waals surface area contributed by atoms with Crippen molar-refractivity contribution in [1.82, 2.24) is 14.5 Å². The van der Waals surface area contributed by atoms with Gasteiger partial charge in [-0.25, -0.2) is 14.4 Å². The summed E-state index contributed by atoms with van der Waals surface area (Å²) in [5, 5.41) is 13.1. The lowest BCUT2D eigenvalue weighted by Gasteiger charge is -2.06. The lowest BCUT2D eigenvalue weighted by molar-refractivity contribution is 0.628. The second-order valence-corrected chi connectivity index (χ2v) is 6.06. The molecule has 0 unspecified atom stereocenters. The van der Waals surface area contributed by atoms with Crippen LogP contribution in [0.25, 0.3) is 22.2 Å². The van der Waals surface area contributed by atoms with Crippen LogP contribution in [0.15, 0.2) is 67.0 Å². The van der Waals surface area contributed by atoms with Gasteiger partial charge in [-0.1, -0.05) is 18.2 Å². The fourth-order valence-electron chi connectivity index (χ4n) is 3.04. The molecule has 132 valence electrons. The van der Waals surface area contributed by atoms with Crippen LogP contribution in [0, 0.1) is 17.1 Å². The second kappa shape index (κ2) is 7.26. The van der Waals surface area contributed by atoms with Crippen molar-refractivity contribution in [2.45, 2.75) is 13.0 Å². The minimum absolute atomic E-state index is 0.291. The second-order valence-electron chi connectivity index (χ2n) is 6.06. The third kappa shape index (κ3) is 3.48. The first-order chi connectivity index (χ1) is 13.2. The summed E-state index contributed by atoms with van der Waals surface area (Å²) in [5.41, 5.74) is 3.54. The number of rotatable bonds is 5. The molecule has 6 heteroatoms. The molecule has 0 fully saturated rings. The average molecular weight is 357 g/mol. The zero-order valence-electron chi connectivity index (χ0n) is 14.4. The van der Waals surface area contributed by atoms with Gasteiger partial charge < -0.3 is 9.88 Å². The first-order valence-corrected chi connectivity index (χ1v) is 8.55. The van der Waals surface area contributed by atoms with Gasteiger partial charge in [0, 0.05) is 41.1 Å². The fourth-order valence-corrected chi connectivity index (χ4v) is 3.04. The van der Waals surface area contributed by atoms with Crippen molar-refractivity contribution < 1.29 is 4.39 Å². The minimum atomic E-state index is -0.291. The number of benzene rings is 2. The van der Waals surface area contributed by atoms with E-state index < -0.39 is 0 Å². The van der Waals surface area contributed by atoms with Gasteiger partial charge in [0.25, 0.3) is 0 Å². The van der Waals surface area contributed by atoms with E-state index in [1.807, 2.05) is 36.5 Å². The quantitative estimate of drug-likeness (QED) is 0.552. The van der Waals surface area contributed by atoms with E-state index in [0.29, 0.717) is 24.6 Å². The molecule has 0 radical (unpaired) electrons.